The van der Waals surface area contributed by atoms with E-state index in [0.29, 0.717) is 0 Å². The first kappa shape index (κ1) is 13.0. The van der Waals surface area contributed by atoms with Crippen molar-refractivity contribution in [3.63, 3.8) is 0 Å². The maximum atomic E-state index is 12.7. The Hall–Kier alpha value is -1.72. The molecule has 0 atom stereocenters. The topological polar surface area (TPSA) is 33.2 Å². The molecule has 0 spiro atoms. The molecule has 0 N–H and O–H groups in total. The van der Waals surface area contributed by atoms with E-state index >= 15 is 0 Å². The molecule has 1 aliphatic rings. The van der Waals surface area contributed by atoms with Gasteiger partial charge in [-0.05, 0) is 48.6 Å². The van der Waals surface area contributed by atoms with Crippen LogP contribution in [0.25, 0.3) is 10.2 Å². The second-order valence-electron chi connectivity index (χ2n) is 5.26. The molecule has 0 aliphatic carbocycles. The minimum absolute atomic E-state index is 0.111. The Morgan fingerprint density at radius 1 is 1.33 bits per heavy atom. The summed E-state index contributed by atoms with van der Waals surface area (Å²) in [5.41, 5.74) is 2.97. The zero-order chi connectivity index (χ0) is 14.4. The van der Waals surface area contributed by atoms with Gasteiger partial charge in [0.05, 0.1) is 15.2 Å². The number of aromatic nitrogens is 1. The van der Waals surface area contributed by atoms with Gasteiger partial charge in [-0.2, -0.15) is 0 Å². The lowest BCUT2D eigenvalue weighted by Gasteiger charge is -2.27. The fourth-order valence-corrected chi connectivity index (χ4v) is 4.48. The number of amides is 1. The van der Waals surface area contributed by atoms with E-state index in [4.69, 9.17) is 0 Å². The zero-order valence-electron chi connectivity index (χ0n) is 11.6. The number of hydrogen-bond donors (Lipinski definition) is 0. The van der Waals surface area contributed by atoms with Crippen molar-refractivity contribution < 1.29 is 4.79 Å². The van der Waals surface area contributed by atoms with Gasteiger partial charge in [-0.15, -0.1) is 22.7 Å². The highest BCUT2D eigenvalue weighted by molar-refractivity contribution is 7.18. The van der Waals surface area contributed by atoms with E-state index in [1.165, 1.54) is 10.4 Å². The van der Waals surface area contributed by atoms with Crippen molar-refractivity contribution in [1.29, 1.82) is 0 Å². The van der Waals surface area contributed by atoms with Crippen LogP contribution in [0.5, 0.6) is 0 Å². The molecule has 0 unspecified atom stereocenters. The molecule has 0 bridgehead atoms. The van der Waals surface area contributed by atoms with Gasteiger partial charge >= 0.3 is 0 Å². The summed E-state index contributed by atoms with van der Waals surface area (Å²) in [6.45, 7) is 3.53. The number of rotatable bonds is 1. The standard InChI is InChI=1S/C16H14N2OS2/c1-10-17-13-8-11(2-3-15(13)21-10)16(19)18-6-4-14-12(9-18)5-7-20-14/h2-3,5,7-8H,4,6,9H2,1H3. The Bertz CT molecular complexity index is 834. The first-order chi connectivity index (χ1) is 10.2. The highest BCUT2D eigenvalue weighted by atomic mass is 32.1. The molecular formula is C16H14N2OS2. The first-order valence-electron chi connectivity index (χ1n) is 6.92. The third-order valence-electron chi connectivity index (χ3n) is 3.84. The number of carbonyl (C=O) groups is 1. The minimum Gasteiger partial charge on any atom is -0.334 e. The second-order valence-corrected chi connectivity index (χ2v) is 7.50. The van der Waals surface area contributed by atoms with Crippen molar-refractivity contribution in [1.82, 2.24) is 9.88 Å². The Morgan fingerprint density at radius 2 is 2.24 bits per heavy atom. The predicted molar refractivity (Wildman–Crippen MR) is 87.1 cm³/mol. The average molecular weight is 314 g/mol. The summed E-state index contributed by atoms with van der Waals surface area (Å²) < 4.78 is 1.14. The summed E-state index contributed by atoms with van der Waals surface area (Å²) in [6.07, 6.45) is 0.969. The Balaban J connectivity index is 1.64. The van der Waals surface area contributed by atoms with Crippen molar-refractivity contribution in [2.24, 2.45) is 0 Å². The molecule has 3 nitrogen and oxygen atoms in total. The van der Waals surface area contributed by atoms with Crippen LogP contribution >= 0.6 is 22.7 Å². The van der Waals surface area contributed by atoms with Gasteiger partial charge in [0.2, 0.25) is 0 Å². The van der Waals surface area contributed by atoms with Crippen LogP contribution in [-0.4, -0.2) is 22.3 Å². The van der Waals surface area contributed by atoms with E-state index in [0.717, 1.165) is 40.3 Å². The van der Waals surface area contributed by atoms with Crippen LogP contribution in [0.15, 0.2) is 29.6 Å². The van der Waals surface area contributed by atoms with Gasteiger partial charge in [0, 0.05) is 23.5 Å². The van der Waals surface area contributed by atoms with Crippen LogP contribution < -0.4 is 0 Å². The highest BCUT2D eigenvalue weighted by Gasteiger charge is 2.22. The van der Waals surface area contributed by atoms with Crippen LogP contribution in [0, 0.1) is 6.92 Å². The SMILES string of the molecule is Cc1nc2cc(C(=O)N3CCc4sccc4C3)ccc2s1. The van der Waals surface area contributed by atoms with Crippen molar-refractivity contribution in [2.45, 2.75) is 19.9 Å². The summed E-state index contributed by atoms with van der Waals surface area (Å²) in [4.78, 5) is 20.5. The predicted octanol–water partition coefficient (Wildman–Crippen LogP) is 3.86. The number of hydrogen-bond acceptors (Lipinski definition) is 4. The van der Waals surface area contributed by atoms with E-state index in [1.54, 1.807) is 22.7 Å². The lowest BCUT2D eigenvalue weighted by molar-refractivity contribution is 0.0736. The van der Waals surface area contributed by atoms with E-state index < -0.39 is 0 Å². The van der Waals surface area contributed by atoms with E-state index in [-0.39, 0.29) is 5.91 Å². The molecule has 4 rings (SSSR count). The summed E-state index contributed by atoms with van der Waals surface area (Å²) in [5, 5.41) is 3.15. The fourth-order valence-electron chi connectivity index (χ4n) is 2.78. The van der Waals surface area contributed by atoms with Gasteiger partial charge < -0.3 is 4.90 Å². The van der Waals surface area contributed by atoms with Crippen molar-refractivity contribution >= 4 is 38.8 Å². The summed E-state index contributed by atoms with van der Waals surface area (Å²) >= 11 is 3.46. The molecule has 0 saturated carbocycles. The third kappa shape index (κ3) is 2.26. The number of nitrogens with zero attached hydrogens (tertiary/aromatic N) is 2. The molecule has 21 heavy (non-hydrogen) atoms. The van der Waals surface area contributed by atoms with Gasteiger partial charge in [-0.1, -0.05) is 0 Å². The number of aryl methyl sites for hydroxylation is 1. The van der Waals surface area contributed by atoms with Crippen LogP contribution in [0.3, 0.4) is 0 Å². The molecular weight excluding hydrogens is 300 g/mol. The molecule has 3 aromatic rings. The lowest BCUT2D eigenvalue weighted by atomic mass is 10.1. The molecule has 0 fully saturated rings. The lowest BCUT2D eigenvalue weighted by Crippen LogP contribution is -2.35. The normalized spacial score (nSPS) is 14.4. The molecule has 106 valence electrons. The highest BCUT2D eigenvalue weighted by Crippen LogP contribution is 2.27. The summed E-state index contributed by atoms with van der Waals surface area (Å²) in [5.74, 6) is 0.111. The molecule has 1 amide bonds. The molecule has 2 aromatic heterocycles. The van der Waals surface area contributed by atoms with Gasteiger partial charge in [0.1, 0.15) is 0 Å². The second kappa shape index (κ2) is 4.93. The Labute approximate surface area is 130 Å². The number of benzene rings is 1. The van der Waals surface area contributed by atoms with Crippen LogP contribution in [0.2, 0.25) is 0 Å². The van der Waals surface area contributed by atoms with Crippen molar-refractivity contribution in [3.05, 3.63) is 50.7 Å². The van der Waals surface area contributed by atoms with Crippen LogP contribution in [-0.2, 0) is 13.0 Å². The first-order valence-corrected chi connectivity index (χ1v) is 8.62. The Kier molecular flexibility index (Phi) is 3.05. The van der Waals surface area contributed by atoms with E-state index in [9.17, 15) is 4.79 Å². The number of thiophene rings is 1. The molecule has 1 aliphatic heterocycles. The Morgan fingerprint density at radius 3 is 3.14 bits per heavy atom. The van der Waals surface area contributed by atoms with Gasteiger partial charge in [-0.3, -0.25) is 4.79 Å². The molecule has 3 heterocycles. The summed E-state index contributed by atoms with van der Waals surface area (Å²) in [6, 6.07) is 7.98. The van der Waals surface area contributed by atoms with Gasteiger partial charge in [0.25, 0.3) is 5.91 Å². The maximum Gasteiger partial charge on any atom is 0.254 e. The zero-order valence-corrected chi connectivity index (χ0v) is 13.3. The van der Waals surface area contributed by atoms with Gasteiger partial charge in [0.15, 0.2) is 0 Å². The van der Waals surface area contributed by atoms with E-state index in [1.807, 2.05) is 30.0 Å². The smallest absolute Gasteiger partial charge is 0.254 e. The van der Waals surface area contributed by atoms with Crippen LogP contribution in [0.1, 0.15) is 25.8 Å². The quantitative estimate of drug-likeness (QED) is 0.683. The molecule has 5 heteroatoms. The largest absolute Gasteiger partial charge is 0.334 e. The van der Waals surface area contributed by atoms with Gasteiger partial charge in [-0.25, -0.2) is 4.98 Å². The molecule has 1 aromatic carbocycles. The van der Waals surface area contributed by atoms with Crippen molar-refractivity contribution in [3.8, 4) is 0 Å². The fraction of sp³-hybridized carbons (Fsp3) is 0.250. The van der Waals surface area contributed by atoms with E-state index in [2.05, 4.69) is 16.4 Å². The third-order valence-corrected chi connectivity index (χ3v) is 5.81. The molecule has 0 radical (unpaired) electrons. The minimum atomic E-state index is 0.111. The average Bonchev–Trinajstić information content (AvgIpc) is 3.09. The molecule has 0 saturated heterocycles. The number of thiazole rings is 1. The maximum absolute atomic E-state index is 12.7. The van der Waals surface area contributed by atoms with Crippen molar-refractivity contribution in [2.75, 3.05) is 6.54 Å². The van der Waals surface area contributed by atoms with Crippen LogP contribution in [0.4, 0.5) is 0 Å². The summed E-state index contributed by atoms with van der Waals surface area (Å²) in [7, 11) is 0. The monoisotopic (exact) mass is 314 g/mol. The number of carbonyl (C=O) groups excluding carboxylic acids is 1. The number of fused-ring (bicyclic) bond motifs is 2.